The van der Waals surface area contributed by atoms with Gasteiger partial charge in [-0.05, 0) is 11.6 Å². The van der Waals surface area contributed by atoms with E-state index in [1.54, 1.807) is 6.07 Å². The minimum atomic E-state index is -1.08. The van der Waals surface area contributed by atoms with Crippen LogP contribution in [0.25, 0.3) is 0 Å². The van der Waals surface area contributed by atoms with Crippen LogP contribution >= 0.6 is 24.0 Å². The Balaban J connectivity index is 0.000000980. The minimum absolute atomic E-state index is 0. The largest absolute Gasteiger partial charge is 0.310 e. The summed E-state index contributed by atoms with van der Waals surface area (Å²) in [6, 6.07) is 7.42. The van der Waals surface area contributed by atoms with E-state index in [0.717, 1.165) is 5.56 Å². The molecular formula is C10H12Cl2FN. The third-order valence-corrected chi connectivity index (χ3v) is 2.72. The molecule has 2 rings (SSSR count). The Morgan fingerprint density at radius 2 is 2.00 bits per heavy atom. The lowest BCUT2D eigenvalue weighted by molar-refractivity contribution is 0.0912. The molecule has 0 amide bonds. The zero-order valence-electron chi connectivity index (χ0n) is 7.59. The second kappa shape index (κ2) is 4.47. The van der Waals surface area contributed by atoms with Crippen molar-refractivity contribution in [3.05, 3.63) is 34.9 Å². The van der Waals surface area contributed by atoms with E-state index in [1.165, 1.54) is 0 Å². The number of benzene rings is 1. The van der Waals surface area contributed by atoms with Gasteiger partial charge in [0.25, 0.3) is 0 Å². The van der Waals surface area contributed by atoms with Crippen molar-refractivity contribution in [1.29, 1.82) is 0 Å². The lowest BCUT2D eigenvalue weighted by Gasteiger charge is -2.35. The van der Waals surface area contributed by atoms with E-state index in [1.807, 2.05) is 18.2 Å². The Morgan fingerprint density at radius 3 is 2.50 bits per heavy atom. The second-order valence-electron chi connectivity index (χ2n) is 3.52. The van der Waals surface area contributed by atoms with Gasteiger partial charge in [-0.1, -0.05) is 29.8 Å². The molecule has 0 radical (unpaired) electrons. The van der Waals surface area contributed by atoms with Crippen molar-refractivity contribution in [3.8, 4) is 0 Å². The fourth-order valence-corrected chi connectivity index (χ4v) is 1.71. The van der Waals surface area contributed by atoms with E-state index >= 15 is 0 Å². The Labute approximate surface area is 94.1 Å². The van der Waals surface area contributed by atoms with E-state index in [0.29, 0.717) is 24.5 Å². The van der Waals surface area contributed by atoms with Gasteiger partial charge in [-0.25, -0.2) is 4.39 Å². The number of halogens is 3. The fraction of sp³-hybridized carbons (Fsp3) is 0.400. The SMILES string of the molecule is Cl.FC1(Cc2ccccc2Cl)CNC1. The van der Waals surface area contributed by atoms with Crippen LogP contribution in [0.15, 0.2) is 24.3 Å². The molecule has 1 aromatic carbocycles. The van der Waals surface area contributed by atoms with Crippen molar-refractivity contribution in [2.75, 3.05) is 13.1 Å². The fourth-order valence-electron chi connectivity index (χ4n) is 1.50. The quantitative estimate of drug-likeness (QED) is 0.832. The molecule has 1 fully saturated rings. The highest BCUT2D eigenvalue weighted by Gasteiger charge is 2.37. The molecule has 0 spiro atoms. The maximum atomic E-state index is 13.7. The Hall–Kier alpha value is -0.310. The van der Waals surface area contributed by atoms with Gasteiger partial charge in [0.15, 0.2) is 0 Å². The monoisotopic (exact) mass is 235 g/mol. The Morgan fingerprint density at radius 1 is 1.36 bits per heavy atom. The number of hydrogen-bond acceptors (Lipinski definition) is 1. The van der Waals surface area contributed by atoms with Crippen LogP contribution in [0.5, 0.6) is 0 Å². The summed E-state index contributed by atoms with van der Waals surface area (Å²) in [5, 5.41) is 3.58. The van der Waals surface area contributed by atoms with Gasteiger partial charge in [0.05, 0.1) is 0 Å². The normalized spacial score (nSPS) is 18.1. The minimum Gasteiger partial charge on any atom is -0.310 e. The number of nitrogens with one attached hydrogen (secondary N) is 1. The first-order valence-electron chi connectivity index (χ1n) is 4.33. The van der Waals surface area contributed by atoms with Crippen LogP contribution < -0.4 is 5.32 Å². The third kappa shape index (κ3) is 2.38. The van der Waals surface area contributed by atoms with Gasteiger partial charge in [-0.15, -0.1) is 12.4 Å². The second-order valence-corrected chi connectivity index (χ2v) is 3.93. The van der Waals surface area contributed by atoms with E-state index in [-0.39, 0.29) is 12.4 Å². The summed E-state index contributed by atoms with van der Waals surface area (Å²) < 4.78 is 13.7. The first kappa shape index (κ1) is 11.8. The highest BCUT2D eigenvalue weighted by molar-refractivity contribution is 6.31. The zero-order valence-corrected chi connectivity index (χ0v) is 9.17. The molecule has 1 aliphatic rings. The predicted octanol–water partition coefficient (Wildman–Crippen LogP) is 2.62. The molecule has 1 nitrogen and oxygen atoms in total. The smallest absolute Gasteiger partial charge is 0.139 e. The van der Waals surface area contributed by atoms with Gasteiger partial charge in [0.1, 0.15) is 5.67 Å². The average Bonchev–Trinajstić information content (AvgIpc) is 2.06. The topological polar surface area (TPSA) is 12.0 Å². The van der Waals surface area contributed by atoms with Crippen LogP contribution in [0.1, 0.15) is 5.56 Å². The molecule has 1 saturated heterocycles. The van der Waals surface area contributed by atoms with Gasteiger partial charge in [-0.3, -0.25) is 0 Å². The number of alkyl halides is 1. The summed E-state index contributed by atoms with van der Waals surface area (Å²) in [6.45, 7) is 0.885. The van der Waals surface area contributed by atoms with E-state index < -0.39 is 5.67 Å². The molecule has 78 valence electrons. The van der Waals surface area contributed by atoms with Crippen molar-refractivity contribution in [2.45, 2.75) is 12.1 Å². The van der Waals surface area contributed by atoms with Crippen LogP contribution in [0.4, 0.5) is 4.39 Å². The molecule has 1 aromatic rings. The van der Waals surface area contributed by atoms with E-state index in [4.69, 9.17) is 11.6 Å². The van der Waals surface area contributed by atoms with Crippen molar-refractivity contribution in [1.82, 2.24) is 5.32 Å². The molecule has 1 heterocycles. The van der Waals surface area contributed by atoms with Crippen LogP contribution in [-0.4, -0.2) is 18.8 Å². The summed E-state index contributed by atoms with van der Waals surface area (Å²) in [5.74, 6) is 0. The van der Waals surface area contributed by atoms with Crippen molar-refractivity contribution >= 4 is 24.0 Å². The maximum absolute atomic E-state index is 13.7. The van der Waals surface area contributed by atoms with Gasteiger partial charge in [0, 0.05) is 24.5 Å². The molecule has 4 heteroatoms. The molecule has 0 bridgehead atoms. The number of hydrogen-bond donors (Lipinski definition) is 1. The molecule has 0 atom stereocenters. The van der Waals surface area contributed by atoms with Crippen molar-refractivity contribution in [2.24, 2.45) is 0 Å². The molecular weight excluding hydrogens is 224 g/mol. The van der Waals surface area contributed by atoms with Gasteiger partial charge < -0.3 is 5.32 Å². The molecule has 14 heavy (non-hydrogen) atoms. The van der Waals surface area contributed by atoms with Gasteiger partial charge in [0.2, 0.25) is 0 Å². The molecule has 0 unspecified atom stereocenters. The summed E-state index contributed by atoms with van der Waals surface area (Å²) >= 11 is 5.92. The lowest BCUT2D eigenvalue weighted by Crippen LogP contribution is -2.57. The van der Waals surface area contributed by atoms with Gasteiger partial charge in [-0.2, -0.15) is 0 Å². The molecule has 1 N–H and O–H groups in total. The van der Waals surface area contributed by atoms with Crippen LogP contribution in [0, 0.1) is 0 Å². The highest BCUT2D eigenvalue weighted by Crippen LogP contribution is 2.26. The van der Waals surface area contributed by atoms with Crippen LogP contribution in [-0.2, 0) is 6.42 Å². The maximum Gasteiger partial charge on any atom is 0.139 e. The Kier molecular flexibility index (Phi) is 3.76. The van der Waals surface area contributed by atoms with Crippen LogP contribution in [0.2, 0.25) is 5.02 Å². The summed E-state index contributed by atoms with van der Waals surface area (Å²) in [6.07, 6.45) is 0.416. The average molecular weight is 236 g/mol. The Bertz CT molecular complexity index is 313. The van der Waals surface area contributed by atoms with E-state index in [9.17, 15) is 4.39 Å². The summed E-state index contributed by atoms with van der Waals surface area (Å²) in [5.41, 5.74) is -0.182. The summed E-state index contributed by atoms with van der Waals surface area (Å²) in [4.78, 5) is 0. The lowest BCUT2D eigenvalue weighted by atomic mass is 9.91. The molecule has 1 aliphatic heterocycles. The van der Waals surface area contributed by atoms with E-state index in [2.05, 4.69) is 5.32 Å². The third-order valence-electron chi connectivity index (χ3n) is 2.35. The molecule has 0 saturated carbocycles. The molecule has 0 aliphatic carbocycles. The predicted molar refractivity (Wildman–Crippen MR) is 59.1 cm³/mol. The van der Waals surface area contributed by atoms with Crippen molar-refractivity contribution < 1.29 is 4.39 Å². The zero-order chi connectivity index (χ0) is 9.31. The summed E-state index contributed by atoms with van der Waals surface area (Å²) in [7, 11) is 0. The first-order chi connectivity index (χ1) is 6.20. The highest BCUT2D eigenvalue weighted by atomic mass is 35.5. The first-order valence-corrected chi connectivity index (χ1v) is 4.70. The van der Waals surface area contributed by atoms with Gasteiger partial charge >= 0.3 is 0 Å². The standard InChI is InChI=1S/C10H11ClFN.ClH/c11-9-4-2-1-3-8(9)5-10(12)6-13-7-10;/h1-4,13H,5-7H2;1H. The van der Waals surface area contributed by atoms with Crippen molar-refractivity contribution in [3.63, 3.8) is 0 Å². The van der Waals surface area contributed by atoms with Crippen LogP contribution in [0.3, 0.4) is 0 Å². The molecule has 0 aromatic heterocycles. The number of rotatable bonds is 2.